The first kappa shape index (κ1) is 35.6. The normalized spacial score (nSPS) is 10.8. The molecule has 0 fully saturated rings. The number of esters is 2. The Labute approximate surface area is 283 Å². The van der Waals surface area contributed by atoms with Crippen LogP contribution in [0.25, 0.3) is 0 Å². The Morgan fingerprint density at radius 3 is 1.35 bits per heavy atom. The van der Waals surface area contributed by atoms with Gasteiger partial charge in [-0.15, -0.1) is 0 Å². The molecule has 0 saturated carbocycles. The fourth-order valence-electron chi connectivity index (χ4n) is 4.38. The SMILES string of the molecule is COc1cc(/C=N\NC(=O)CCCCCC(=O)N/N=C\c2ccc(OC(=O)c3ccccc3)c(OC)c2)ccc1OC(=O)c1ccccc1. The number of rotatable bonds is 16. The zero-order valence-corrected chi connectivity index (χ0v) is 27.1. The molecular formula is C37H36N4O8. The summed E-state index contributed by atoms with van der Waals surface area (Å²) in [5, 5.41) is 7.97. The number of ether oxygens (including phenoxy) is 4. The van der Waals surface area contributed by atoms with Crippen molar-refractivity contribution in [1.29, 1.82) is 0 Å². The van der Waals surface area contributed by atoms with E-state index in [4.69, 9.17) is 18.9 Å². The number of methoxy groups -OCH3 is 2. The van der Waals surface area contributed by atoms with E-state index in [9.17, 15) is 19.2 Å². The first-order chi connectivity index (χ1) is 23.9. The lowest BCUT2D eigenvalue weighted by molar-refractivity contribution is -0.121. The van der Waals surface area contributed by atoms with E-state index in [1.54, 1.807) is 84.9 Å². The fourth-order valence-corrected chi connectivity index (χ4v) is 4.38. The first-order valence-electron chi connectivity index (χ1n) is 15.4. The first-order valence-corrected chi connectivity index (χ1v) is 15.4. The molecule has 12 heteroatoms. The molecule has 2 N–H and O–H groups in total. The number of hydrogen-bond donors (Lipinski definition) is 2. The summed E-state index contributed by atoms with van der Waals surface area (Å²) in [6.07, 6.45) is 5.22. The van der Waals surface area contributed by atoms with Crippen molar-refractivity contribution in [3.05, 3.63) is 119 Å². The van der Waals surface area contributed by atoms with Crippen LogP contribution in [0.3, 0.4) is 0 Å². The van der Waals surface area contributed by atoms with Gasteiger partial charge >= 0.3 is 11.9 Å². The number of nitrogens with zero attached hydrogens (tertiary/aromatic N) is 2. The molecule has 0 heterocycles. The molecule has 0 spiro atoms. The van der Waals surface area contributed by atoms with Gasteiger partial charge in [0.05, 0.1) is 37.8 Å². The average molecular weight is 665 g/mol. The van der Waals surface area contributed by atoms with Gasteiger partial charge in [-0.2, -0.15) is 10.2 Å². The quantitative estimate of drug-likeness (QED) is 0.0509. The number of benzene rings is 4. The standard InChI is InChI=1S/C37H36N4O8/c1-46-32-22-26(18-20-30(32)48-36(44)28-12-6-3-7-13-28)24-38-40-34(42)16-10-5-11-17-35(43)41-39-25-27-19-21-31(33(23-27)47-2)49-37(45)29-14-8-4-9-15-29/h3-4,6-9,12-15,18-25H,5,10-11,16-17H2,1-2H3,(H,40,42)(H,41,43)/b38-24-,39-25-. The average Bonchev–Trinajstić information content (AvgIpc) is 3.13. The monoisotopic (exact) mass is 664 g/mol. The molecule has 0 aliphatic heterocycles. The van der Waals surface area contributed by atoms with E-state index in [0.29, 0.717) is 53.0 Å². The summed E-state index contributed by atoms with van der Waals surface area (Å²) in [5.41, 5.74) is 7.05. The molecule has 0 aromatic heterocycles. The molecule has 0 atom stereocenters. The second kappa shape index (κ2) is 18.7. The third kappa shape index (κ3) is 11.5. The minimum absolute atomic E-state index is 0.243. The van der Waals surface area contributed by atoms with Gasteiger partial charge in [-0.3, -0.25) is 9.59 Å². The molecule has 2 amide bonds. The summed E-state index contributed by atoms with van der Waals surface area (Å²) in [4.78, 5) is 49.1. The van der Waals surface area contributed by atoms with Crippen LogP contribution >= 0.6 is 0 Å². The smallest absolute Gasteiger partial charge is 0.343 e. The van der Waals surface area contributed by atoms with E-state index in [1.165, 1.54) is 26.6 Å². The lowest BCUT2D eigenvalue weighted by Crippen LogP contribution is -2.18. The molecule has 49 heavy (non-hydrogen) atoms. The van der Waals surface area contributed by atoms with Crippen LogP contribution in [-0.4, -0.2) is 50.4 Å². The highest BCUT2D eigenvalue weighted by Crippen LogP contribution is 2.29. The Morgan fingerprint density at radius 1 is 0.551 bits per heavy atom. The maximum absolute atomic E-state index is 12.4. The minimum Gasteiger partial charge on any atom is -0.493 e. The zero-order chi connectivity index (χ0) is 34.8. The van der Waals surface area contributed by atoms with Gasteiger partial charge < -0.3 is 18.9 Å². The van der Waals surface area contributed by atoms with Gasteiger partial charge in [0.1, 0.15) is 0 Å². The van der Waals surface area contributed by atoms with Crippen molar-refractivity contribution in [2.24, 2.45) is 10.2 Å². The molecule has 0 aliphatic rings. The number of unbranched alkanes of at least 4 members (excludes halogenated alkanes) is 2. The predicted octanol–water partition coefficient (Wildman–Crippen LogP) is 5.69. The lowest BCUT2D eigenvalue weighted by atomic mass is 10.1. The summed E-state index contributed by atoms with van der Waals surface area (Å²) in [7, 11) is 2.92. The second-order valence-electron chi connectivity index (χ2n) is 10.5. The van der Waals surface area contributed by atoms with E-state index in [0.717, 1.165) is 0 Å². The van der Waals surface area contributed by atoms with Crippen LogP contribution in [0.5, 0.6) is 23.0 Å². The van der Waals surface area contributed by atoms with Crippen molar-refractivity contribution in [2.75, 3.05) is 14.2 Å². The van der Waals surface area contributed by atoms with Gasteiger partial charge in [0, 0.05) is 12.8 Å². The van der Waals surface area contributed by atoms with E-state index in [1.807, 2.05) is 12.1 Å². The Bertz CT molecular complexity index is 1660. The molecule has 12 nitrogen and oxygen atoms in total. The van der Waals surface area contributed by atoms with Crippen molar-refractivity contribution >= 4 is 36.2 Å². The maximum atomic E-state index is 12.4. The second-order valence-corrected chi connectivity index (χ2v) is 10.5. The zero-order valence-electron chi connectivity index (χ0n) is 27.1. The van der Waals surface area contributed by atoms with Crippen LogP contribution in [0.4, 0.5) is 0 Å². The number of carbonyl (C=O) groups excluding carboxylic acids is 4. The summed E-state index contributed by atoms with van der Waals surface area (Å²) in [5.74, 6) is -0.342. The highest BCUT2D eigenvalue weighted by Gasteiger charge is 2.14. The van der Waals surface area contributed by atoms with Crippen LogP contribution in [0.1, 0.15) is 63.9 Å². The molecular weight excluding hydrogens is 628 g/mol. The van der Waals surface area contributed by atoms with Crippen LogP contribution < -0.4 is 29.8 Å². The van der Waals surface area contributed by atoms with E-state index >= 15 is 0 Å². The molecule has 0 aliphatic carbocycles. The molecule has 0 radical (unpaired) electrons. The lowest BCUT2D eigenvalue weighted by Gasteiger charge is -2.10. The molecule has 4 aromatic carbocycles. The largest absolute Gasteiger partial charge is 0.493 e. The van der Waals surface area contributed by atoms with Gasteiger partial charge in [-0.05, 0) is 84.6 Å². The van der Waals surface area contributed by atoms with Crippen molar-refractivity contribution < 1.29 is 38.1 Å². The summed E-state index contributed by atoms with van der Waals surface area (Å²) in [6, 6.07) is 27.0. The number of carbonyl (C=O) groups is 4. The maximum Gasteiger partial charge on any atom is 0.343 e. The van der Waals surface area contributed by atoms with Crippen molar-refractivity contribution in [3.8, 4) is 23.0 Å². The van der Waals surface area contributed by atoms with Crippen molar-refractivity contribution in [3.63, 3.8) is 0 Å². The van der Waals surface area contributed by atoms with E-state index in [-0.39, 0.29) is 36.2 Å². The third-order valence-corrected chi connectivity index (χ3v) is 6.91. The summed E-state index contributed by atoms with van der Waals surface area (Å²) < 4.78 is 21.6. The van der Waals surface area contributed by atoms with Gasteiger partial charge in [0.2, 0.25) is 11.8 Å². The highest BCUT2D eigenvalue weighted by molar-refractivity contribution is 5.92. The Hall–Kier alpha value is -6.30. The van der Waals surface area contributed by atoms with Gasteiger partial charge in [-0.1, -0.05) is 42.8 Å². The van der Waals surface area contributed by atoms with Crippen LogP contribution in [-0.2, 0) is 9.59 Å². The number of amides is 2. The number of hydrazone groups is 2. The van der Waals surface area contributed by atoms with Crippen LogP contribution in [0, 0.1) is 0 Å². The van der Waals surface area contributed by atoms with Gasteiger partial charge in [0.25, 0.3) is 0 Å². The molecule has 0 bridgehead atoms. The fraction of sp³-hybridized carbons (Fsp3) is 0.189. The van der Waals surface area contributed by atoms with Gasteiger partial charge in [-0.25, -0.2) is 20.4 Å². The van der Waals surface area contributed by atoms with E-state index in [2.05, 4.69) is 21.1 Å². The van der Waals surface area contributed by atoms with E-state index < -0.39 is 11.9 Å². The molecule has 0 saturated heterocycles. The van der Waals surface area contributed by atoms with Crippen molar-refractivity contribution in [1.82, 2.24) is 10.9 Å². The molecule has 4 aromatic rings. The molecule has 252 valence electrons. The Balaban J connectivity index is 1.12. The van der Waals surface area contributed by atoms with Crippen molar-refractivity contribution in [2.45, 2.75) is 32.1 Å². The topological polar surface area (TPSA) is 154 Å². The summed E-state index contributed by atoms with van der Waals surface area (Å²) >= 11 is 0. The molecule has 4 rings (SSSR count). The predicted molar refractivity (Wildman–Crippen MR) is 183 cm³/mol. The van der Waals surface area contributed by atoms with Crippen LogP contribution in [0.2, 0.25) is 0 Å². The minimum atomic E-state index is -0.507. The highest BCUT2D eigenvalue weighted by atomic mass is 16.6. The third-order valence-electron chi connectivity index (χ3n) is 6.91. The number of nitrogens with one attached hydrogen (secondary N) is 2. The Kier molecular flexibility index (Phi) is 13.6. The summed E-state index contributed by atoms with van der Waals surface area (Å²) in [6.45, 7) is 0. The van der Waals surface area contributed by atoms with Crippen LogP contribution in [0.15, 0.2) is 107 Å². The van der Waals surface area contributed by atoms with Gasteiger partial charge in [0.15, 0.2) is 23.0 Å². The molecule has 0 unspecified atom stereocenters. The number of hydrogen-bond acceptors (Lipinski definition) is 10. The Morgan fingerprint density at radius 2 is 0.959 bits per heavy atom.